The highest BCUT2D eigenvalue weighted by Crippen LogP contribution is 2.26. The van der Waals surface area contributed by atoms with E-state index in [1.54, 1.807) is 11.6 Å². The topological polar surface area (TPSA) is 80.3 Å². The molecule has 0 fully saturated rings. The highest BCUT2D eigenvalue weighted by molar-refractivity contribution is 5.83. The van der Waals surface area contributed by atoms with Crippen LogP contribution in [0.5, 0.6) is 11.8 Å². The number of aryl methyl sites for hydroxylation is 1. The smallest absolute Gasteiger partial charge is 0.332 e. The molecule has 2 aromatic heterocycles. The van der Waals surface area contributed by atoms with Gasteiger partial charge in [-0.25, -0.2) is 4.79 Å². The molecule has 0 N–H and O–H groups in total. The van der Waals surface area contributed by atoms with Crippen LogP contribution >= 0.6 is 0 Å². The van der Waals surface area contributed by atoms with E-state index in [1.165, 1.54) is 11.6 Å². The van der Waals surface area contributed by atoms with Crippen LogP contribution in [0, 0.1) is 0 Å². The van der Waals surface area contributed by atoms with Crippen LogP contribution in [0.25, 0.3) is 21.9 Å². The van der Waals surface area contributed by atoms with E-state index in [9.17, 15) is 9.59 Å². The van der Waals surface area contributed by atoms with Gasteiger partial charge in [0.25, 0.3) is 11.6 Å². The predicted molar refractivity (Wildman–Crippen MR) is 104 cm³/mol. The number of nitrogens with zero attached hydrogens (tertiary/aromatic N) is 4. The summed E-state index contributed by atoms with van der Waals surface area (Å²) < 4.78 is 15.9. The lowest BCUT2D eigenvalue weighted by atomic mass is 10.1. The van der Waals surface area contributed by atoms with Crippen LogP contribution in [0.3, 0.4) is 0 Å². The molecule has 1 atom stereocenters. The molecule has 3 heterocycles. The highest BCUT2D eigenvalue weighted by Gasteiger charge is 2.30. The van der Waals surface area contributed by atoms with Crippen molar-refractivity contribution >= 4 is 21.9 Å². The van der Waals surface area contributed by atoms with E-state index in [2.05, 4.69) is 11.1 Å². The summed E-state index contributed by atoms with van der Waals surface area (Å²) in [6, 6.07) is 14.3. The van der Waals surface area contributed by atoms with Gasteiger partial charge in [-0.2, -0.15) is 4.98 Å². The average Bonchev–Trinajstić information content (AvgIpc) is 3.26. The maximum atomic E-state index is 12.5. The van der Waals surface area contributed by atoms with E-state index in [0.29, 0.717) is 30.3 Å². The molecule has 2 aromatic carbocycles. The SMILES string of the molecule is Cn1c(=O)c2c(nc3n2C[C@@H](COc2ccc4ccccc4c2)O3)n(C)c1=O. The first-order chi connectivity index (χ1) is 13.5. The Morgan fingerprint density at radius 2 is 1.89 bits per heavy atom. The summed E-state index contributed by atoms with van der Waals surface area (Å²) in [5.74, 6) is 0.759. The van der Waals surface area contributed by atoms with Gasteiger partial charge in [-0.1, -0.05) is 30.3 Å². The molecule has 8 heteroatoms. The number of hydrogen-bond donors (Lipinski definition) is 0. The van der Waals surface area contributed by atoms with Crippen molar-refractivity contribution in [2.75, 3.05) is 6.61 Å². The molecule has 0 aliphatic carbocycles. The fourth-order valence-electron chi connectivity index (χ4n) is 3.61. The second-order valence-corrected chi connectivity index (χ2v) is 6.94. The van der Waals surface area contributed by atoms with E-state index in [0.717, 1.165) is 21.1 Å². The molecule has 1 aliphatic rings. The molecule has 1 aliphatic heterocycles. The predicted octanol–water partition coefficient (Wildman–Crippen LogP) is 1.43. The molecule has 4 aromatic rings. The Hall–Kier alpha value is -3.55. The van der Waals surface area contributed by atoms with Gasteiger partial charge in [-0.15, -0.1) is 0 Å². The minimum absolute atomic E-state index is 0.264. The van der Waals surface area contributed by atoms with Gasteiger partial charge in [0, 0.05) is 14.1 Å². The highest BCUT2D eigenvalue weighted by atomic mass is 16.6. The Morgan fingerprint density at radius 1 is 1.11 bits per heavy atom. The zero-order chi connectivity index (χ0) is 19.4. The first-order valence-corrected chi connectivity index (χ1v) is 8.97. The van der Waals surface area contributed by atoms with Crippen LogP contribution in [-0.2, 0) is 20.6 Å². The number of imidazole rings is 1. The van der Waals surface area contributed by atoms with Gasteiger partial charge < -0.3 is 9.47 Å². The van der Waals surface area contributed by atoms with Crippen LogP contribution in [0.15, 0.2) is 52.1 Å². The number of rotatable bonds is 3. The van der Waals surface area contributed by atoms with Crippen molar-refractivity contribution in [3.63, 3.8) is 0 Å². The van der Waals surface area contributed by atoms with E-state index < -0.39 is 5.69 Å². The lowest BCUT2D eigenvalue weighted by Gasteiger charge is -2.12. The third-order valence-electron chi connectivity index (χ3n) is 5.13. The summed E-state index contributed by atoms with van der Waals surface area (Å²) in [5, 5.41) is 2.26. The number of ether oxygens (including phenoxy) is 2. The van der Waals surface area contributed by atoms with Gasteiger partial charge in [0.2, 0.25) is 0 Å². The fourth-order valence-corrected chi connectivity index (χ4v) is 3.61. The summed E-state index contributed by atoms with van der Waals surface area (Å²) in [4.78, 5) is 28.9. The van der Waals surface area contributed by atoms with Crippen LogP contribution in [0.2, 0.25) is 0 Å². The Labute approximate surface area is 159 Å². The van der Waals surface area contributed by atoms with E-state index >= 15 is 0 Å². The Bertz CT molecular complexity index is 1350. The molecule has 0 spiro atoms. The van der Waals surface area contributed by atoms with Crippen LogP contribution in [0.1, 0.15) is 0 Å². The van der Waals surface area contributed by atoms with E-state index in [1.807, 2.05) is 36.4 Å². The Morgan fingerprint density at radius 3 is 2.71 bits per heavy atom. The number of aromatic nitrogens is 4. The molecular formula is C20H18N4O4. The van der Waals surface area contributed by atoms with Crippen LogP contribution in [0.4, 0.5) is 0 Å². The molecule has 28 heavy (non-hydrogen) atoms. The standard InChI is InChI=1S/C20H18N4O4/c1-22-17-16(18(25)23(2)20(22)26)24-10-15(28-19(24)21-17)11-27-14-8-7-12-5-3-4-6-13(12)9-14/h3-9,15H,10-11H2,1-2H3/t15-/m0/s1. The minimum Gasteiger partial charge on any atom is -0.490 e. The number of benzene rings is 2. The fraction of sp³-hybridized carbons (Fsp3) is 0.250. The lowest BCUT2D eigenvalue weighted by Crippen LogP contribution is -2.37. The largest absolute Gasteiger partial charge is 0.490 e. The summed E-state index contributed by atoms with van der Waals surface area (Å²) in [6.07, 6.45) is -0.264. The second kappa shape index (κ2) is 5.98. The zero-order valence-electron chi connectivity index (χ0n) is 15.5. The quantitative estimate of drug-likeness (QED) is 0.539. The van der Waals surface area contributed by atoms with Crippen molar-refractivity contribution in [2.45, 2.75) is 12.6 Å². The van der Waals surface area contributed by atoms with Crippen molar-refractivity contribution in [1.29, 1.82) is 0 Å². The molecule has 0 unspecified atom stereocenters. The van der Waals surface area contributed by atoms with Gasteiger partial charge in [-0.3, -0.25) is 18.5 Å². The average molecular weight is 378 g/mol. The molecule has 8 nitrogen and oxygen atoms in total. The van der Waals surface area contributed by atoms with Crippen molar-refractivity contribution in [3.8, 4) is 11.8 Å². The molecule has 5 rings (SSSR count). The molecule has 0 saturated carbocycles. The van der Waals surface area contributed by atoms with Crippen molar-refractivity contribution in [1.82, 2.24) is 18.7 Å². The zero-order valence-corrected chi connectivity index (χ0v) is 15.5. The second-order valence-electron chi connectivity index (χ2n) is 6.94. The maximum absolute atomic E-state index is 12.5. The minimum atomic E-state index is -0.412. The summed E-state index contributed by atoms with van der Waals surface area (Å²) in [5.41, 5.74) is -0.0909. The monoisotopic (exact) mass is 378 g/mol. The van der Waals surface area contributed by atoms with Crippen LogP contribution < -0.4 is 20.7 Å². The van der Waals surface area contributed by atoms with Crippen molar-refractivity contribution in [3.05, 3.63) is 63.3 Å². The summed E-state index contributed by atoms with van der Waals surface area (Å²) >= 11 is 0. The van der Waals surface area contributed by atoms with Gasteiger partial charge in [0.1, 0.15) is 12.4 Å². The molecule has 0 saturated heterocycles. The molecule has 0 radical (unpaired) electrons. The first kappa shape index (κ1) is 16.6. The van der Waals surface area contributed by atoms with E-state index in [4.69, 9.17) is 9.47 Å². The number of fused-ring (bicyclic) bond motifs is 4. The van der Waals surface area contributed by atoms with Gasteiger partial charge >= 0.3 is 5.69 Å². The Kier molecular flexibility index (Phi) is 3.55. The lowest BCUT2D eigenvalue weighted by molar-refractivity contribution is 0.144. The molecule has 142 valence electrons. The third kappa shape index (κ3) is 2.41. The Balaban J connectivity index is 1.39. The third-order valence-corrected chi connectivity index (χ3v) is 5.13. The molecular weight excluding hydrogens is 360 g/mol. The van der Waals surface area contributed by atoms with E-state index in [-0.39, 0.29) is 11.7 Å². The summed E-state index contributed by atoms with van der Waals surface area (Å²) in [6.45, 7) is 0.766. The van der Waals surface area contributed by atoms with Gasteiger partial charge in [0.15, 0.2) is 17.3 Å². The van der Waals surface area contributed by atoms with Crippen LogP contribution in [-0.4, -0.2) is 31.4 Å². The molecule has 0 amide bonds. The normalized spacial score (nSPS) is 15.7. The maximum Gasteiger partial charge on any atom is 0.332 e. The van der Waals surface area contributed by atoms with Gasteiger partial charge in [-0.05, 0) is 22.9 Å². The number of hydrogen-bond acceptors (Lipinski definition) is 5. The van der Waals surface area contributed by atoms with Gasteiger partial charge in [0.05, 0.1) is 6.54 Å². The first-order valence-electron chi connectivity index (χ1n) is 8.97. The van der Waals surface area contributed by atoms with Crippen molar-refractivity contribution in [2.24, 2.45) is 14.1 Å². The van der Waals surface area contributed by atoms with Crippen molar-refractivity contribution < 1.29 is 9.47 Å². The summed E-state index contributed by atoms with van der Waals surface area (Å²) in [7, 11) is 3.05. The molecule has 0 bridgehead atoms.